The quantitative estimate of drug-likeness (QED) is 0.590. The van der Waals surface area contributed by atoms with E-state index in [1.54, 1.807) is 4.90 Å². The number of hydrogen-bond donors (Lipinski definition) is 3. The molecule has 0 radical (unpaired) electrons. The highest BCUT2D eigenvalue weighted by Crippen LogP contribution is 2.31. The molecule has 0 spiro atoms. The maximum absolute atomic E-state index is 11.5. The van der Waals surface area contributed by atoms with Gasteiger partial charge in [0.15, 0.2) is 0 Å². The first-order chi connectivity index (χ1) is 7.08. The highest BCUT2D eigenvalue weighted by Gasteiger charge is 2.39. The summed E-state index contributed by atoms with van der Waals surface area (Å²) in [6, 6.07) is -0.756. The van der Waals surface area contributed by atoms with Crippen molar-refractivity contribution in [3.8, 4) is 0 Å². The average molecular weight is 210 g/mol. The number of hydrogen-bond acceptors (Lipinski definition) is 3. The van der Waals surface area contributed by atoms with Crippen molar-refractivity contribution in [1.29, 1.82) is 5.41 Å². The van der Waals surface area contributed by atoms with Crippen LogP contribution in [0.5, 0.6) is 0 Å². The van der Waals surface area contributed by atoms with Crippen LogP contribution in [0.3, 0.4) is 0 Å². The van der Waals surface area contributed by atoms with Gasteiger partial charge in [0.1, 0.15) is 5.84 Å². The Kier molecular flexibility index (Phi) is 2.34. The topological polar surface area (TPSA) is 99.3 Å². The second-order valence-electron chi connectivity index (χ2n) is 4.13. The summed E-state index contributed by atoms with van der Waals surface area (Å²) in [5.74, 6) is 0.138. The lowest BCUT2D eigenvalue weighted by Crippen LogP contribution is -2.39. The zero-order valence-corrected chi connectivity index (χ0v) is 8.32. The van der Waals surface area contributed by atoms with Crippen molar-refractivity contribution in [2.45, 2.75) is 25.3 Å². The molecule has 1 aliphatic carbocycles. The van der Waals surface area contributed by atoms with Gasteiger partial charge in [-0.25, -0.2) is 4.79 Å². The van der Waals surface area contributed by atoms with E-state index in [2.05, 4.69) is 5.32 Å². The van der Waals surface area contributed by atoms with Crippen LogP contribution in [-0.2, 0) is 4.79 Å². The first kappa shape index (κ1) is 9.95. The molecule has 1 heterocycles. The molecule has 2 aliphatic rings. The minimum Gasteiger partial charge on any atom is -0.370 e. The summed E-state index contributed by atoms with van der Waals surface area (Å²) in [4.78, 5) is 23.8. The van der Waals surface area contributed by atoms with Crippen LogP contribution in [0.4, 0.5) is 4.79 Å². The Morgan fingerprint density at radius 1 is 1.60 bits per heavy atom. The minimum atomic E-state index is -0.484. The molecule has 1 atom stereocenters. The number of urea groups is 1. The molecule has 0 aromatic carbocycles. The van der Waals surface area contributed by atoms with Crippen molar-refractivity contribution in [2.75, 3.05) is 6.54 Å². The molecule has 1 saturated carbocycles. The van der Waals surface area contributed by atoms with E-state index in [0.717, 1.165) is 12.8 Å². The first-order valence-electron chi connectivity index (χ1n) is 5.02. The van der Waals surface area contributed by atoms with Crippen molar-refractivity contribution in [3.05, 3.63) is 0 Å². The first-order valence-corrected chi connectivity index (χ1v) is 5.02. The highest BCUT2D eigenvalue weighted by atomic mass is 16.2. The van der Waals surface area contributed by atoms with E-state index in [1.807, 2.05) is 0 Å². The zero-order chi connectivity index (χ0) is 11.0. The summed E-state index contributed by atoms with van der Waals surface area (Å²) < 4.78 is 0. The number of carbonyl (C=O) groups excluding carboxylic acids is 2. The SMILES string of the molecule is N=C1NC(=O)N(CC2CC2)C1CC(N)=O. The van der Waals surface area contributed by atoms with Crippen LogP contribution in [0.1, 0.15) is 19.3 Å². The molecule has 0 aromatic rings. The molecule has 15 heavy (non-hydrogen) atoms. The van der Waals surface area contributed by atoms with Crippen LogP contribution in [0.25, 0.3) is 0 Å². The third kappa shape index (κ3) is 2.08. The maximum atomic E-state index is 11.5. The molecule has 0 bridgehead atoms. The van der Waals surface area contributed by atoms with Crippen LogP contribution in [0.2, 0.25) is 0 Å². The zero-order valence-electron chi connectivity index (χ0n) is 8.32. The number of amides is 3. The number of carbonyl (C=O) groups is 2. The third-order valence-electron chi connectivity index (χ3n) is 2.76. The molecular formula is C9H14N4O2. The molecule has 1 aliphatic heterocycles. The number of nitrogens with one attached hydrogen (secondary N) is 2. The molecule has 3 amide bonds. The molecule has 82 valence electrons. The summed E-state index contributed by atoms with van der Waals surface area (Å²) in [5, 5.41) is 9.96. The van der Waals surface area contributed by atoms with Crippen molar-refractivity contribution >= 4 is 17.8 Å². The third-order valence-corrected chi connectivity index (χ3v) is 2.76. The largest absolute Gasteiger partial charge is 0.370 e. The molecular weight excluding hydrogens is 196 g/mol. The fourth-order valence-electron chi connectivity index (χ4n) is 1.76. The van der Waals surface area contributed by atoms with Gasteiger partial charge in [-0.05, 0) is 18.8 Å². The van der Waals surface area contributed by atoms with Gasteiger partial charge in [-0.3, -0.25) is 15.5 Å². The van der Waals surface area contributed by atoms with Gasteiger partial charge < -0.3 is 10.6 Å². The molecule has 1 unspecified atom stereocenters. The number of nitrogens with zero attached hydrogens (tertiary/aromatic N) is 1. The number of rotatable bonds is 4. The Morgan fingerprint density at radius 2 is 2.27 bits per heavy atom. The molecule has 6 nitrogen and oxygen atoms in total. The van der Waals surface area contributed by atoms with Crippen molar-refractivity contribution in [2.24, 2.45) is 11.7 Å². The van der Waals surface area contributed by atoms with Crippen molar-refractivity contribution in [1.82, 2.24) is 10.2 Å². The number of amidine groups is 1. The van der Waals surface area contributed by atoms with Crippen LogP contribution < -0.4 is 11.1 Å². The normalized spacial score (nSPS) is 25.6. The van der Waals surface area contributed by atoms with Gasteiger partial charge in [0.2, 0.25) is 5.91 Å². The Labute approximate surface area is 87.3 Å². The van der Waals surface area contributed by atoms with Crippen LogP contribution in [-0.4, -0.2) is 35.3 Å². The Bertz CT molecular complexity index is 324. The van der Waals surface area contributed by atoms with E-state index < -0.39 is 11.9 Å². The van der Waals surface area contributed by atoms with E-state index in [4.69, 9.17) is 11.1 Å². The monoisotopic (exact) mass is 210 g/mol. The maximum Gasteiger partial charge on any atom is 0.323 e. The minimum absolute atomic E-state index is 0.0320. The molecule has 4 N–H and O–H groups in total. The van der Waals surface area contributed by atoms with Gasteiger partial charge in [0.25, 0.3) is 0 Å². The lowest BCUT2D eigenvalue weighted by atomic mass is 10.1. The number of primary amides is 1. The Balaban J connectivity index is 2.05. The van der Waals surface area contributed by atoms with Gasteiger partial charge in [0, 0.05) is 6.54 Å². The van der Waals surface area contributed by atoms with Gasteiger partial charge in [0.05, 0.1) is 12.5 Å². The highest BCUT2D eigenvalue weighted by molar-refractivity contribution is 6.07. The molecule has 2 rings (SSSR count). The standard InChI is InChI=1S/C9H14N4O2/c10-7(14)3-6-8(11)12-9(15)13(6)4-5-1-2-5/h5-6H,1-4H2,(H2,10,14)(H2,11,12,15). The summed E-state index contributed by atoms with van der Waals surface area (Å²) in [6.45, 7) is 0.631. The fraction of sp³-hybridized carbons (Fsp3) is 0.667. The van der Waals surface area contributed by atoms with Crippen LogP contribution in [0.15, 0.2) is 0 Å². The summed E-state index contributed by atoms with van der Waals surface area (Å²) in [5.41, 5.74) is 5.09. The smallest absolute Gasteiger partial charge is 0.323 e. The molecule has 0 aromatic heterocycles. The summed E-state index contributed by atoms with van der Waals surface area (Å²) in [6.07, 6.45) is 2.28. The van der Waals surface area contributed by atoms with Crippen molar-refractivity contribution < 1.29 is 9.59 Å². The predicted molar refractivity (Wildman–Crippen MR) is 53.3 cm³/mol. The van der Waals surface area contributed by atoms with E-state index in [1.165, 1.54) is 0 Å². The van der Waals surface area contributed by atoms with E-state index in [0.29, 0.717) is 12.5 Å². The second kappa shape index (κ2) is 3.52. The van der Waals surface area contributed by atoms with E-state index >= 15 is 0 Å². The molecule has 1 saturated heterocycles. The predicted octanol–water partition coefficient (Wildman–Crippen LogP) is -0.357. The van der Waals surface area contributed by atoms with Crippen molar-refractivity contribution in [3.63, 3.8) is 0 Å². The Morgan fingerprint density at radius 3 is 2.80 bits per heavy atom. The Hall–Kier alpha value is -1.59. The fourth-order valence-corrected chi connectivity index (χ4v) is 1.76. The summed E-state index contributed by atoms with van der Waals surface area (Å²) in [7, 11) is 0. The van der Waals surface area contributed by atoms with Gasteiger partial charge in [-0.15, -0.1) is 0 Å². The van der Waals surface area contributed by atoms with Gasteiger partial charge in [-0.1, -0.05) is 0 Å². The van der Waals surface area contributed by atoms with Crippen LogP contribution >= 0.6 is 0 Å². The average Bonchev–Trinajstić information content (AvgIpc) is 2.89. The lowest BCUT2D eigenvalue weighted by molar-refractivity contribution is -0.118. The second-order valence-corrected chi connectivity index (χ2v) is 4.13. The molecule has 2 fully saturated rings. The van der Waals surface area contributed by atoms with E-state index in [9.17, 15) is 9.59 Å². The van der Waals surface area contributed by atoms with Gasteiger partial charge >= 0.3 is 6.03 Å². The summed E-state index contributed by atoms with van der Waals surface area (Å²) >= 11 is 0. The number of nitrogens with two attached hydrogens (primary N) is 1. The molecule has 6 heteroatoms. The lowest BCUT2D eigenvalue weighted by Gasteiger charge is -2.21. The van der Waals surface area contributed by atoms with E-state index in [-0.39, 0.29) is 18.3 Å². The van der Waals surface area contributed by atoms with Gasteiger partial charge in [-0.2, -0.15) is 0 Å². The van der Waals surface area contributed by atoms with Crippen LogP contribution in [0, 0.1) is 11.3 Å².